The van der Waals surface area contributed by atoms with E-state index in [-0.39, 0.29) is 0 Å². The molecular formula is C16H26N4. The zero-order chi connectivity index (χ0) is 14.2. The molecule has 2 aromatic heterocycles. The van der Waals surface area contributed by atoms with Crippen LogP contribution in [0, 0.1) is 0 Å². The molecule has 0 aliphatic heterocycles. The van der Waals surface area contributed by atoms with Gasteiger partial charge in [-0.25, -0.2) is 9.50 Å². The summed E-state index contributed by atoms with van der Waals surface area (Å²) in [7, 11) is 0. The lowest BCUT2D eigenvalue weighted by Gasteiger charge is -2.16. The first-order valence-corrected chi connectivity index (χ1v) is 8.01. The van der Waals surface area contributed by atoms with Gasteiger partial charge in [-0.05, 0) is 18.9 Å². The highest BCUT2D eigenvalue weighted by Gasteiger charge is 2.13. The van der Waals surface area contributed by atoms with Crippen molar-refractivity contribution in [3.8, 4) is 0 Å². The predicted molar refractivity (Wildman–Crippen MR) is 81.8 cm³/mol. The lowest BCUT2D eigenvalue weighted by molar-refractivity contribution is 0.500. The highest BCUT2D eigenvalue weighted by molar-refractivity contribution is 5.27. The van der Waals surface area contributed by atoms with Gasteiger partial charge in [0.25, 0.3) is 5.78 Å². The Morgan fingerprint density at radius 1 is 1.05 bits per heavy atom. The molecule has 0 aliphatic carbocycles. The Balaban J connectivity index is 2.03. The van der Waals surface area contributed by atoms with Crippen LogP contribution in [-0.2, 0) is 0 Å². The zero-order valence-corrected chi connectivity index (χ0v) is 12.8. The molecule has 0 fully saturated rings. The average Bonchev–Trinajstić information content (AvgIpc) is 2.94. The molecule has 0 saturated carbocycles. The summed E-state index contributed by atoms with van der Waals surface area (Å²) in [6.07, 6.45) is 13.8. The van der Waals surface area contributed by atoms with Crippen molar-refractivity contribution in [3.05, 3.63) is 24.3 Å². The monoisotopic (exact) mass is 274 g/mol. The minimum Gasteiger partial charge on any atom is -0.216 e. The number of hydrogen-bond acceptors (Lipinski definition) is 3. The van der Waals surface area contributed by atoms with Crippen LogP contribution in [0.4, 0.5) is 0 Å². The molecule has 1 unspecified atom stereocenters. The number of aromatic nitrogens is 4. The van der Waals surface area contributed by atoms with Gasteiger partial charge in [0.2, 0.25) is 0 Å². The normalized spacial score (nSPS) is 12.9. The number of unbranched alkanes of at least 4 members (excludes halogenated alkanes) is 4. The van der Waals surface area contributed by atoms with Crippen molar-refractivity contribution in [1.29, 1.82) is 0 Å². The molecule has 2 rings (SSSR count). The number of nitrogens with zero attached hydrogens (tertiary/aromatic N) is 4. The molecule has 0 amide bonds. The van der Waals surface area contributed by atoms with Gasteiger partial charge in [-0.1, -0.05) is 52.4 Å². The molecule has 0 N–H and O–H groups in total. The summed E-state index contributed by atoms with van der Waals surface area (Å²) in [6.45, 7) is 4.51. The third kappa shape index (κ3) is 4.02. The summed E-state index contributed by atoms with van der Waals surface area (Å²) in [5.74, 6) is 1.30. The van der Waals surface area contributed by atoms with Crippen LogP contribution in [0.5, 0.6) is 0 Å². The van der Waals surface area contributed by atoms with Crippen LogP contribution >= 0.6 is 0 Å². The van der Waals surface area contributed by atoms with E-state index in [1.165, 1.54) is 57.1 Å². The summed E-state index contributed by atoms with van der Waals surface area (Å²) < 4.78 is 1.73. The summed E-state index contributed by atoms with van der Waals surface area (Å²) >= 11 is 0. The van der Waals surface area contributed by atoms with Crippen LogP contribution in [0.3, 0.4) is 0 Å². The van der Waals surface area contributed by atoms with E-state index in [9.17, 15) is 0 Å². The van der Waals surface area contributed by atoms with Crippen molar-refractivity contribution >= 4 is 5.78 Å². The fourth-order valence-corrected chi connectivity index (χ4v) is 2.66. The maximum atomic E-state index is 4.68. The molecular weight excluding hydrogens is 248 g/mol. The van der Waals surface area contributed by atoms with E-state index in [2.05, 4.69) is 35.0 Å². The van der Waals surface area contributed by atoms with Crippen molar-refractivity contribution in [3.63, 3.8) is 0 Å². The Morgan fingerprint density at radius 3 is 2.65 bits per heavy atom. The maximum absolute atomic E-state index is 4.68. The van der Waals surface area contributed by atoms with Crippen LogP contribution < -0.4 is 0 Å². The second-order valence-corrected chi connectivity index (χ2v) is 5.55. The SMILES string of the molecule is CCCCCCC(CCCC)c1ccn2ncnc2n1. The van der Waals surface area contributed by atoms with Gasteiger partial charge >= 0.3 is 0 Å². The standard InChI is InChI=1S/C16H26N4/c1-3-5-7-8-10-14(9-6-4-2)15-11-12-20-16(19-15)17-13-18-20/h11-14H,3-10H2,1-2H3. The second-order valence-electron chi connectivity index (χ2n) is 5.55. The highest BCUT2D eigenvalue weighted by Crippen LogP contribution is 2.26. The van der Waals surface area contributed by atoms with Crippen LogP contribution in [0.1, 0.15) is 76.8 Å². The van der Waals surface area contributed by atoms with E-state index in [4.69, 9.17) is 0 Å². The molecule has 4 nitrogen and oxygen atoms in total. The first-order valence-electron chi connectivity index (χ1n) is 8.01. The predicted octanol–water partition coefficient (Wildman–Crippen LogP) is 4.37. The van der Waals surface area contributed by atoms with Crippen molar-refractivity contribution in [2.45, 2.75) is 71.1 Å². The molecule has 2 aromatic rings. The largest absolute Gasteiger partial charge is 0.252 e. The Labute approximate surface area is 121 Å². The topological polar surface area (TPSA) is 43.1 Å². The Bertz CT molecular complexity index is 506. The van der Waals surface area contributed by atoms with E-state index < -0.39 is 0 Å². The van der Waals surface area contributed by atoms with Gasteiger partial charge in [0.05, 0.1) is 0 Å². The van der Waals surface area contributed by atoms with Gasteiger partial charge in [-0.3, -0.25) is 0 Å². The maximum Gasteiger partial charge on any atom is 0.252 e. The van der Waals surface area contributed by atoms with Crippen LogP contribution in [-0.4, -0.2) is 19.6 Å². The summed E-state index contributed by atoms with van der Waals surface area (Å²) in [4.78, 5) is 8.87. The first kappa shape index (κ1) is 14.9. The number of fused-ring (bicyclic) bond motifs is 1. The lowest BCUT2D eigenvalue weighted by Crippen LogP contribution is -2.04. The fourth-order valence-electron chi connectivity index (χ4n) is 2.66. The zero-order valence-electron chi connectivity index (χ0n) is 12.8. The molecule has 0 aromatic carbocycles. The van der Waals surface area contributed by atoms with Crippen molar-refractivity contribution in [2.75, 3.05) is 0 Å². The molecule has 20 heavy (non-hydrogen) atoms. The van der Waals surface area contributed by atoms with Crippen molar-refractivity contribution < 1.29 is 0 Å². The Morgan fingerprint density at radius 2 is 1.85 bits per heavy atom. The minimum absolute atomic E-state index is 0.577. The summed E-state index contributed by atoms with van der Waals surface area (Å²) in [5.41, 5.74) is 1.19. The van der Waals surface area contributed by atoms with Crippen LogP contribution in [0.15, 0.2) is 18.6 Å². The number of hydrogen-bond donors (Lipinski definition) is 0. The molecule has 0 aliphatic rings. The van der Waals surface area contributed by atoms with Crippen LogP contribution in [0.25, 0.3) is 5.78 Å². The Hall–Kier alpha value is -1.45. The molecule has 0 radical (unpaired) electrons. The van der Waals surface area contributed by atoms with Gasteiger partial charge in [0.1, 0.15) is 6.33 Å². The average molecular weight is 274 g/mol. The van der Waals surface area contributed by atoms with Gasteiger partial charge in [0, 0.05) is 17.8 Å². The third-order valence-corrected chi connectivity index (χ3v) is 3.90. The van der Waals surface area contributed by atoms with Crippen molar-refractivity contribution in [1.82, 2.24) is 19.6 Å². The molecule has 0 spiro atoms. The van der Waals surface area contributed by atoms with E-state index in [0.717, 1.165) is 5.78 Å². The first-order chi connectivity index (χ1) is 9.85. The molecule has 2 heterocycles. The van der Waals surface area contributed by atoms with Gasteiger partial charge in [-0.2, -0.15) is 10.1 Å². The van der Waals surface area contributed by atoms with Crippen LogP contribution in [0.2, 0.25) is 0 Å². The third-order valence-electron chi connectivity index (χ3n) is 3.90. The van der Waals surface area contributed by atoms with E-state index >= 15 is 0 Å². The fraction of sp³-hybridized carbons (Fsp3) is 0.688. The summed E-state index contributed by atoms with van der Waals surface area (Å²) in [6, 6.07) is 2.11. The Kier molecular flexibility index (Phi) is 5.96. The summed E-state index contributed by atoms with van der Waals surface area (Å²) in [5, 5.41) is 4.11. The van der Waals surface area contributed by atoms with Gasteiger partial charge in [-0.15, -0.1) is 0 Å². The molecule has 1 atom stereocenters. The van der Waals surface area contributed by atoms with Crippen molar-refractivity contribution in [2.24, 2.45) is 0 Å². The molecule has 4 heteroatoms. The van der Waals surface area contributed by atoms with Gasteiger partial charge in [0.15, 0.2) is 0 Å². The molecule has 0 bridgehead atoms. The van der Waals surface area contributed by atoms with E-state index in [1.54, 1.807) is 10.8 Å². The van der Waals surface area contributed by atoms with E-state index in [1.807, 2.05) is 6.20 Å². The second kappa shape index (κ2) is 7.98. The lowest BCUT2D eigenvalue weighted by atomic mass is 9.92. The minimum atomic E-state index is 0.577. The number of rotatable bonds is 9. The molecule has 110 valence electrons. The smallest absolute Gasteiger partial charge is 0.216 e. The van der Waals surface area contributed by atoms with Gasteiger partial charge < -0.3 is 0 Å². The van der Waals surface area contributed by atoms with E-state index in [0.29, 0.717) is 5.92 Å². The molecule has 0 saturated heterocycles. The quantitative estimate of drug-likeness (QED) is 0.638. The highest BCUT2D eigenvalue weighted by atomic mass is 15.3.